The van der Waals surface area contributed by atoms with Gasteiger partial charge in [0.05, 0.1) is 30.5 Å². The number of pyridine rings is 1. The number of esters is 2. The van der Waals surface area contributed by atoms with Gasteiger partial charge >= 0.3 is 11.9 Å². The van der Waals surface area contributed by atoms with E-state index in [0.29, 0.717) is 30.5 Å². The lowest BCUT2D eigenvalue weighted by atomic mass is 9.49. The molecule has 3 aromatic rings. The molecule has 4 aliphatic rings. The summed E-state index contributed by atoms with van der Waals surface area (Å²) in [7, 11) is 3.64. The molecular weight excluding hydrogens is 714 g/mol. The Morgan fingerprint density at radius 1 is 0.982 bits per heavy atom. The number of carbonyl (C=O) groups is 5. The largest absolute Gasteiger partial charge is 0.461 e. The summed E-state index contributed by atoms with van der Waals surface area (Å²) in [5, 5.41) is 28.3. The Hall–Kier alpha value is -5.04. The first-order chi connectivity index (χ1) is 26.8. The zero-order valence-corrected chi connectivity index (χ0v) is 32.0. The van der Waals surface area contributed by atoms with Crippen molar-refractivity contribution in [2.45, 2.75) is 76.2 Å². The van der Waals surface area contributed by atoms with Gasteiger partial charge in [-0.25, -0.2) is 0 Å². The molecule has 3 N–H and O–H groups in total. The van der Waals surface area contributed by atoms with E-state index in [4.69, 9.17) is 9.47 Å². The van der Waals surface area contributed by atoms with Gasteiger partial charge in [0.15, 0.2) is 11.6 Å². The van der Waals surface area contributed by atoms with E-state index in [1.807, 2.05) is 68.4 Å². The van der Waals surface area contributed by atoms with Crippen molar-refractivity contribution in [3.63, 3.8) is 0 Å². The average Bonchev–Trinajstić information content (AvgIpc) is 3.52. The Bertz CT molecular complexity index is 2090. The van der Waals surface area contributed by atoms with Crippen LogP contribution in [0.2, 0.25) is 0 Å². The normalized spacial score (nSPS) is 28.4. The van der Waals surface area contributed by atoms with E-state index in [9.17, 15) is 34.2 Å². The van der Waals surface area contributed by atoms with E-state index in [0.717, 1.165) is 28.3 Å². The molecular formula is C44H49N3O9. The number of fused-ring (bicyclic) bond motifs is 6. The lowest BCUT2D eigenvalue weighted by molar-refractivity contribution is -0.175. The maximum absolute atomic E-state index is 13.4. The molecule has 12 heteroatoms. The van der Waals surface area contributed by atoms with Gasteiger partial charge in [-0.3, -0.25) is 33.9 Å². The Morgan fingerprint density at radius 3 is 2.48 bits per heavy atom. The maximum Gasteiger partial charge on any atom is 0.306 e. The van der Waals surface area contributed by atoms with Crippen LogP contribution in [0.5, 0.6) is 0 Å². The Balaban J connectivity index is 0.858. The fourth-order valence-corrected chi connectivity index (χ4v) is 9.99. The van der Waals surface area contributed by atoms with E-state index in [1.165, 1.54) is 0 Å². The average molecular weight is 764 g/mol. The predicted octanol–water partition coefficient (Wildman–Crippen LogP) is 5.03. The molecule has 7 rings (SSSR count). The van der Waals surface area contributed by atoms with Crippen LogP contribution in [-0.2, 0) is 40.1 Å². The van der Waals surface area contributed by atoms with Crippen molar-refractivity contribution in [2.75, 3.05) is 26.0 Å². The summed E-state index contributed by atoms with van der Waals surface area (Å²) in [4.78, 5) is 69.8. The Labute approximate surface area is 326 Å². The van der Waals surface area contributed by atoms with Crippen molar-refractivity contribution in [3.8, 4) is 0 Å². The SMILES string of the molecule is CN(C)C(C(=O)Nc1ccc2cnccc2c1)c1ccc(COC(=O)CCC(=O)OCC(=O)[C@H]2CCC3[C@@H]4CCC5=CC(=O)C=C[C@]5(C)C4[C@@H](O)C[C@@]32O)cc1. The van der Waals surface area contributed by atoms with Gasteiger partial charge in [0.1, 0.15) is 19.3 Å². The van der Waals surface area contributed by atoms with Crippen molar-refractivity contribution in [1.29, 1.82) is 0 Å². The number of amides is 1. The second-order valence-electron chi connectivity index (χ2n) is 16.2. The van der Waals surface area contributed by atoms with Gasteiger partial charge in [-0.15, -0.1) is 0 Å². The van der Waals surface area contributed by atoms with Crippen LogP contribution in [-0.4, -0.2) is 81.9 Å². The molecule has 0 aliphatic heterocycles. The number of benzene rings is 2. The van der Waals surface area contributed by atoms with Crippen molar-refractivity contribution in [3.05, 3.63) is 95.9 Å². The van der Waals surface area contributed by atoms with E-state index < -0.39 is 53.4 Å². The number of Topliss-reactive ketones (excluding diaryl/α,β-unsaturated/α-hetero) is 1. The van der Waals surface area contributed by atoms with Crippen LogP contribution in [0.15, 0.2) is 84.7 Å². The molecule has 0 spiro atoms. The molecule has 3 saturated carbocycles. The number of aliphatic hydroxyl groups excluding tert-OH is 1. The number of allylic oxidation sites excluding steroid dienone is 4. The Morgan fingerprint density at radius 2 is 1.73 bits per heavy atom. The summed E-state index contributed by atoms with van der Waals surface area (Å²) in [6.45, 7) is 1.50. The first-order valence-electron chi connectivity index (χ1n) is 19.4. The minimum absolute atomic E-state index is 0.0190. The van der Waals surface area contributed by atoms with Gasteiger partial charge in [-0.2, -0.15) is 0 Å². The first kappa shape index (κ1) is 39.2. The number of nitrogens with zero attached hydrogens (tertiary/aromatic N) is 2. The highest BCUT2D eigenvalue weighted by Gasteiger charge is 2.64. The smallest absolute Gasteiger partial charge is 0.306 e. The predicted molar refractivity (Wildman–Crippen MR) is 207 cm³/mol. The van der Waals surface area contributed by atoms with Gasteiger partial charge in [0, 0.05) is 41.2 Å². The fraction of sp³-hybridized carbons (Fsp3) is 0.455. The first-order valence-corrected chi connectivity index (χ1v) is 19.4. The van der Waals surface area contributed by atoms with Crippen molar-refractivity contribution < 1.29 is 43.7 Å². The van der Waals surface area contributed by atoms with Crippen molar-refractivity contribution in [1.82, 2.24) is 9.88 Å². The highest BCUT2D eigenvalue weighted by atomic mass is 16.5. The molecule has 0 bridgehead atoms. The Kier molecular flexibility index (Phi) is 11.1. The minimum Gasteiger partial charge on any atom is -0.461 e. The number of hydrogen-bond donors (Lipinski definition) is 3. The van der Waals surface area contributed by atoms with Crippen LogP contribution in [0.1, 0.15) is 69.0 Å². The van der Waals surface area contributed by atoms with E-state index in [-0.39, 0.29) is 55.3 Å². The second-order valence-corrected chi connectivity index (χ2v) is 16.2. The monoisotopic (exact) mass is 763 g/mol. The van der Waals surface area contributed by atoms with Crippen LogP contribution in [0.3, 0.4) is 0 Å². The summed E-state index contributed by atoms with van der Waals surface area (Å²) in [5.74, 6) is -3.13. The molecule has 1 amide bonds. The molecule has 56 heavy (non-hydrogen) atoms. The minimum atomic E-state index is -1.41. The van der Waals surface area contributed by atoms with Crippen LogP contribution in [0, 0.1) is 29.1 Å². The molecule has 8 atom stereocenters. The summed E-state index contributed by atoms with van der Waals surface area (Å²) in [6, 6.07) is 14.1. The maximum atomic E-state index is 13.4. The van der Waals surface area contributed by atoms with Gasteiger partial charge < -0.3 is 25.0 Å². The standard InChI is InChI=1S/C44H49N3O9/c1-43-18-16-32(48)21-30(43)9-11-33-34-12-13-35(44(34,54)22-36(49)40(33)43)37(50)25-56-39(52)15-14-38(51)55-24-26-4-6-27(7-5-26)41(47(2)3)42(53)46-31-10-8-29-23-45-19-17-28(29)20-31/h4-8,10,16-21,23,33-36,40-41,49,54H,9,11-15,22,24-25H2,1-3H3,(H,46,53)/t33-,34?,35+,36-,40?,41?,43-,44+/m0/s1. The molecule has 0 saturated heterocycles. The van der Waals surface area contributed by atoms with Gasteiger partial charge in [-0.05, 0) is 98.5 Å². The highest BCUT2D eigenvalue weighted by Crippen LogP contribution is 2.63. The number of hydrogen-bond acceptors (Lipinski definition) is 11. The van der Waals surface area contributed by atoms with Crippen LogP contribution in [0.25, 0.3) is 10.8 Å². The molecule has 294 valence electrons. The molecule has 3 unspecified atom stereocenters. The van der Waals surface area contributed by atoms with Gasteiger partial charge in [-0.1, -0.05) is 48.9 Å². The van der Waals surface area contributed by atoms with E-state index >= 15 is 0 Å². The van der Waals surface area contributed by atoms with Gasteiger partial charge in [0.25, 0.3) is 0 Å². The van der Waals surface area contributed by atoms with Crippen LogP contribution >= 0.6 is 0 Å². The number of aliphatic hydroxyl groups is 2. The zero-order chi connectivity index (χ0) is 39.8. The van der Waals surface area contributed by atoms with Crippen LogP contribution < -0.4 is 5.32 Å². The molecule has 12 nitrogen and oxygen atoms in total. The lowest BCUT2D eigenvalue weighted by Crippen LogP contribution is -2.60. The summed E-state index contributed by atoms with van der Waals surface area (Å²) in [5.41, 5.74) is 1.26. The third-order valence-electron chi connectivity index (χ3n) is 12.6. The highest BCUT2D eigenvalue weighted by molar-refractivity contribution is 6.01. The number of anilines is 1. The molecule has 2 aromatic carbocycles. The molecule has 0 radical (unpaired) electrons. The number of likely N-dealkylation sites (N-methyl/N-ethyl adjacent to an activating group) is 1. The third kappa shape index (κ3) is 7.70. The number of carbonyl (C=O) groups excluding carboxylic acids is 5. The number of ether oxygens (including phenoxy) is 2. The third-order valence-corrected chi connectivity index (χ3v) is 12.6. The fourth-order valence-electron chi connectivity index (χ4n) is 9.99. The summed E-state index contributed by atoms with van der Waals surface area (Å²) >= 11 is 0. The van der Waals surface area contributed by atoms with E-state index in [1.54, 1.807) is 36.7 Å². The summed E-state index contributed by atoms with van der Waals surface area (Å²) < 4.78 is 10.6. The van der Waals surface area contributed by atoms with Crippen molar-refractivity contribution in [2.24, 2.45) is 29.1 Å². The topological polar surface area (TPSA) is 172 Å². The quantitative estimate of drug-likeness (QED) is 0.211. The number of nitrogens with one attached hydrogen (secondary N) is 1. The lowest BCUT2D eigenvalue weighted by Gasteiger charge is -2.57. The second kappa shape index (κ2) is 15.8. The summed E-state index contributed by atoms with van der Waals surface area (Å²) in [6.07, 6.45) is 9.74. The molecule has 4 aliphatic carbocycles. The molecule has 1 heterocycles. The van der Waals surface area contributed by atoms with E-state index in [2.05, 4.69) is 10.3 Å². The molecule has 3 fully saturated rings. The molecule has 1 aromatic heterocycles. The zero-order valence-electron chi connectivity index (χ0n) is 32.0. The number of aromatic nitrogens is 1. The van der Waals surface area contributed by atoms with Crippen molar-refractivity contribution >= 4 is 45.9 Å². The number of rotatable bonds is 12. The number of ketones is 2. The van der Waals surface area contributed by atoms with Crippen LogP contribution in [0.4, 0.5) is 5.69 Å². The van der Waals surface area contributed by atoms with Gasteiger partial charge in [0.2, 0.25) is 5.91 Å².